The molecule has 4 N–H and O–H groups in total. The predicted molar refractivity (Wildman–Crippen MR) is 127 cm³/mol. The van der Waals surface area contributed by atoms with Crippen LogP contribution in [-0.2, 0) is 19.2 Å². The van der Waals surface area contributed by atoms with Crippen LogP contribution < -0.4 is 4.90 Å². The molecular weight excluding hydrogens is 516 g/mol. The number of carboxylic acids is 3. The highest BCUT2D eigenvalue weighted by atomic mass is 16.4. The molecule has 198 valence electrons. The van der Waals surface area contributed by atoms with E-state index < -0.39 is 78.0 Å². The quantitative estimate of drug-likeness (QED) is 0.294. The zero-order valence-corrected chi connectivity index (χ0v) is 19.7. The van der Waals surface area contributed by atoms with Crippen molar-refractivity contribution in [3.63, 3.8) is 0 Å². The van der Waals surface area contributed by atoms with E-state index in [0.717, 1.165) is 18.2 Å². The number of nitrogens with zero attached hydrogens (tertiary/aromatic N) is 2. The first-order valence-corrected chi connectivity index (χ1v) is 11.6. The number of rotatable bonds is 7. The zero-order valence-electron chi connectivity index (χ0n) is 19.7. The molecule has 2 aromatic rings. The molecule has 1 aliphatic carbocycles. The summed E-state index contributed by atoms with van der Waals surface area (Å²) in [5, 5.41) is 38.3. The molecule has 3 atom stereocenters. The highest BCUT2D eigenvalue weighted by Gasteiger charge is 2.50. The van der Waals surface area contributed by atoms with Gasteiger partial charge in [0, 0.05) is 17.5 Å². The minimum atomic E-state index is -1.75. The van der Waals surface area contributed by atoms with Crippen molar-refractivity contribution in [1.82, 2.24) is 4.90 Å². The van der Waals surface area contributed by atoms with Crippen molar-refractivity contribution in [1.29, 1.82) is 0 Å². The minimum absolute atomic E-state index is 0.0671. The number of imide groups is 2. The van der Waals surface area contributed by atoms with Gasteiger partial charge in [0.05, 0.1) is 23.1 Å². The van der Waals surface area contributed by atoms with E-state index in [1.165, 1.54) is 24.3 Å². The summed E-state index contributed by atoms with van der Waals surface area (Å²) >= 11 is 0. The fraction of sp³-hybridized carbons (Fsp3) is 0.192. The molecule has 2 heterocycles. The Bertz CT molecular complexity index is 1570. The first-order chi connectivity index (χ1) is 18.4. The summed E-state index contributed by atoms with van der Waals surface area (Å²) in [6, 6.07) is 3.80. The number of aromatic carboxylic acids is 1. The van der Waals surface area contributed by atoms with E-state index in [4.69, 9.17) is 5.11 Å². The van der Waals surface area contributed by atoms with Gasteiger partial charge in [-0.1, -0.05) is 12.2 Å². The maximum Gasteiger partial charge on any atom is 0.335 e. The van der Waals surface area contributed by atoms with Crippen molar-refractivity contribution in [2.75, 3.05) is 4.90 Å². The van der Waals surface area contributed by atoms with Gasteiger partial charge in [0.15, 0.2) is 0 Å². The average molecular weight is 534 g/mol. The Morgan fingerprint density at radius 1 is 0.821 bits per heavy atom. The fourth-order valence-electron chi connectivity index (χ4n) is 5.23. The molecule has 2 aromatic carbocycles. The van der Waals surface area contributed by atoms with Crippen LogP contribution in [0.4, 0.5) is 5.69 Å². The van der Waals surface area contributed by atoms with Gasteiger partial charge >= 0.3 is 17.9 Å². The molecule has 0 spiro atoms. The van der Waals surface area contributed by atoms with E-state index in [2.05, 4.69) is 0 Å². The Labute approximate surface area is 218 Å². The van der Waals surface area contributed by atoms with E-state index in [0.29, 0.717) is 9.80 Å². The minimum Gasteiger partial charge on any atom is -0.506 e. The highest BCUT2D eigenvalue weighted by molar-refractivity contribution is 6.28. The van der Waals surface area contributed by atoms with Crippen molar-refractivity contribution in [3.05, 3.63) is 70.3 Å². The van der Waals surface area contributed by atoms with Crippen molar-refractivity contribution in [2.24, 2.45) is 0 Å². The zero-order chi connectivity index (χ0) is 28.3. The molecule has 39 heavy (non-hydrogen) atoms. The molecule has 4 amide bonds. The van der Waals surface area contributed by atoms with Crippen LogP contribution in [0.2, 0.25) is 0 Å². The lowest BCUT2D eigenvalue weighted by atomic mass is 9.72. The lowest BCUT2D eigenvalue weighted by Crippen LogP contribution is -2.54. The van der Waals surface area contributed by atoms with Gasteiger partial charge in [-0.2, -0.15) is 0 Å². The first-order valence-electron chi connectivity index (χ1n) is 11.6. The number of phenols is 1. The largest absolute Gasteiger partial charge is 0.506 e. The molecule has 13 heteroatoms. The van der Waals surface area contributed by atoms with Crippen LogP contribution in [0, 0.1) is 0 Å². The topological polar surface area (TPSA) is 207 Å². The van der Waals surface area contributed by atoms with Gasteiger partial charge in [0.25, 0.3) is 11.8 Å². The van der Waals surface area contributed by atoms with Crippen molar-refractivity contribution >= 4 is 47.2 Å². The summed E-state index contributed by atoms with van der Waals surface area (Å²) in [7, 11) is 0. The van der Waals surface area contributed by atoms with E-state index in [9.17, 15) is 48.9 Å². The molecule has 2 aliphatic heterocycles. The number of carboxylic acid groups (broad SMARTS) is 3. The Balaban J connectivity index is 1.63. The molecule has 0 bridgehead atoms. The molecule has 0 aromatic heterocycles. The van der Waals surface area contributed by atoms with Crippen LogP contribution in [0.25, 0.3) is 0 Å². The SMILES string of the molecule is O=C(O)CCC(C(=O)O)N1C(=O)c2ccc3c4c2C(C=CC4C(=O)N(c2cc(C(=O)O)ccc2O)C3=O)C1=O. The van der Waals surface area contributed by atoms with Crippen molar-refractivity contribution < 1.29 is 54.0 Å². The Morgan fingerprint density at radius 2 is 1.41 bits per heavy atom. The third kappa shape index (κ3) is 3.74. The molecule has 13 nitrogen and oxygen atoms in total. The van der Waals surface area contributed by atoms with Gasteiger partial charge < -0.3 is 20.4 Å². The van der Waals surface area contributed by atoms with E-state index >= 15 is 0 Å². The van der Waals surface area contributed by atoms with Crippen LogP contribution in [0.1, 0.15) is 66.9 Å². The van der Waals surface area contributed by atoms with Crippen molar-refractivity contribution in [2.45, 2.75) is 30.7 Å². The molecular formula is C26H18N2O11. The standard InChI is InChI=1S/C26H18N2O11/c29-17-7-1-10(25(36)37)9-16(17)28-23(34)13-4-2-11-19-12(3-5-14(20(13)19)24(28)35)22(33)27(21(11)32)15(26(38)39)6-8-18(30)31/h1-5,7,9,11,13,15,29H,6,8H2,(H,30,31)(H,36,37)(H,38,39). The normalized spacial score (nSPS) is 20.1. The van der Waals surface area contributed by atoms with Crippen LogP contribution in [0.5, 0.6) is 5.75 Å². The van der Waals surface area contributed by atoms with Gasteiger partial charge in [0.2, 0.25) is 11.8 Å². The summed E-state index contributed by atoms with van der Waals surface area (Å²) in [6.45, 7) is 0. The fourth-order valence-corrected chi connectivity index (χ4v) is 5.23. The predicted octanol–water partition coefficient (Wildman–Crippen LogP) is 1.31. The summed E-state index contributed by atoms with van der Waals surface area (Å²) in [5.74, 6) is -10.9. The average Bonchev–Trinajstić information content (AvgIpc) is 2.88. The van der Waals surface area contributed by atoms with E-state index in [1.807, 2.05) is 0 Å². The number of hydrogen-bond donors (Lipinski definition) is 4. The van der Waals surface area contributed by atoms with Crippen LogP contribution in [-0.4, -0.2) is 72.9 Å². The molecule has 0 radical (unpaired) electrons. The number of phenolic OH excluding ortho intramolecular Hbond substituents is 1. The van der Waals surface area contributed by atoms with Gasteiger partial charge in [0.1, 0.15) is 11.8 Å². The second-order valence-corrected chi connectivity index (χ2v) is 9.12. The van der Waals surface area contributed by atoms with Gasteiger partial charge in [-0.25, -0.2) is 14.5 Å². The molecule has 0 saturated carbocycles. The molecule has 0 fully saturated rings. The number of aliphatic carboxylic acids is 2. The van der Waals surface area contributed by atoms with E-state index in [1.54, 1.807) is 0 Å². The lowest BCUT2D eigenvalue weighted by Gasteiger charge is -2.41. The second kappa shape index (κ2) is 8.90. The number of anilines is 1. The lowest BCUT2D eigenvalue weighted by molar-refractivity contribution is -0.149. The Hall–Kier alpha value is -5.33. The number of aromatic hydroxyl groups is 1. The number of benzene rings is 2. The molecule has 0 saturated heterocycles. The van der Waals surface area contributed by atoms with Crippen LogP contribution in [0.15, 0.2) is 42.5 Å². The molecule has 5 rings (SSSR count). The third-order valence-electron chi connectivity index (χ3n) is 6.97. The van der Waals surface area contributed by atoms with Gasteiger partial charge in [-0.3, -0.25) is 28.9 Å². The van der Waals surface area contributed by atoms with Gasteiger partial charge in [-0.15, -0.1) is 0 Å². The summed E-state index contributed by atoms with van der Waals surface area (Å²) < 4.78 is 0. The number of amides is 4. The van der Waals surface area contributed by atoms with Crippen LogP contribution in [0.3, 0.4) is 0 Å². The molecule has 3 unspecified atom stereocenters. The maximum atomic E-state index is 13.5. The summed E-state index contributed by atoms with van der Waals surface area (Å²) in [4.78, 5) is 89.3. The van der Waals surface area contributed by atoms with Crippen LogP contribution >= 0.6 is 0 Å². The summed E-state index contributed by atoms with van der Waals surface area (Å²) in [5.41, 5.74) is -0.671. The smallest absolute Gasteiger partial charge is 0.335 e. The number of carbonyl (C=O) groups is 7. The van der Waals surface area contributed by atoms with E-state index in [-0.39, 0.29) is 33.5 Å². The Kier molecular flexibility index (Phi) is 5.78. The third-order valence-corrected chi connectivity index (χ3v) is 6.97. The molecule has 3 aliphatic rings. The number of hydrogen-bond acceptors (Lipinski definition) is 8. The van der Waals surface area contributed by atoms with Crippen molar-refractivity contribution in [3.8, 4) is 5.75 Å². The second-order valence-electron chi connectivity index (χ2n) is 9.12. The van der Waals surface area contributed by atoms with Gasteiger partial charge in [-0.05, 0) is 47.9 Å². The Morgan fingerprint density at radius 3 is 1.97 bits per heavy atom. The monoisotopic (exact) mass is 534 g/mol. The first kappa shape index (κ1) is 25.3. The summed E-state index contributed by atoms with van der Waals surface area (Å²) in [6.07, 6.45) is 1.49. The highest BCUT2D eigenvalue weighted by Crippen LogP contribution is 2.47. The number of carbonyl (C=O) groups excluding carboxylic acids is 4. The maximum absolute atomic E-state index is 13.5.